The number of nitrogens with zero attached hydrogens (tertiary/aromatic N) is 1. The van der Waals surface area contributed by atoms with Gasteiger partial charge in [0.25, 0.3) is 0 Å². The van der Waals surface area contributed by atoms with Gasteiger partial charge in [0, 0.05) is 4.90 Å². The summed E-state index contributed by atoms with van der Waals surface area (Å²) >= 11 is 1.08. The van der Waals surface area contributed by atoms with E-state index in [1.165, 1.54) is 24.3 Å². The SMILES string of the molecule is O=C(O)CN(CC(=O)O)C(=O)CSc1ccc(F)cc1. The average molecular weight is 301 g/mol. The number of aliphatic carboxylic acids is 2. The number of carboxylic acid groups (broad SMARTS) is 2. The molecule has 0 saturated heterocycles. The maximum absolute atomic E-state index is 12.7. The number of halogens is 1. The first-order chi connectivity index (χ1) is 9.38. The molecule has 0 aliphatic rings. The molecular weight excluding hydrogens is 289 g/mol. The predicted octanol–water partition coefficient (Wildman–Crippen LogP) is 0.916. The topological polar surface area (TPSA) is 94.9 Å². The standard InChI is InChI=1S/C12H12FNO5S/c13-8-1-3-9(4-2-8)20-7-10(15)14(5-11(16)17)6-12(18)19/h1-4H,5-7H2,(H,16,17)(H,18,19). The predicted molar refractivity (Wildman–Crippen MR) is 69.0 cm³/mol. The minimum atomic E-state index is -1.29. The average Bonchev–Trinajstić information content (AvgIpc) is 2.36. The summed E-state index contributed by atoms with van der Waals surface area (Å²) in [4.78, 5) is 34.3. The summed E-state index contributed by atoms with van der Waals surface area (Å²) < 4.78 is 12.7. The molecule has 108 valence electrons. The normalized spacial score (nSPS) is 10.1. The number of amides is 1. The van der Waals surface area contributed by atoms with Crippen molar-refractivity contribution in [3.05, 3.63) is 30.1 Å². The van der Waals surface area contributed by atoms with Crippen molar-refractivity contribution in [1.82, 2.24) is 4.90 Å². The van der Waals surface area contributed by atoms with Crippen molar-refractivity contribution >= 4 is 29.6 Å². The van der Waals surface area contributed by atoms with Crippen molar-refractivity contribution in [2.45, 2.75) is 4.90 Å². The molecule has 1 amide bonds. The molecule has 8 heteroatoms. The molecule has 0 heterocycles. The molecule has 2 N–H and O–H groups in total. The van der Waals surface area contributed by atoms with Gasteiger partial charge in [-0.3, -0.25) is 14.4 Å². The van der Waals surface area contributed by atoms with E-state index in [0.717, 1.165) is 16.7 Å². The van der Waals surface area contributed by atoms with E-state index in [-0.39, 0.29) is 5.75 Å². The fraction of sp³-hybridized carbons (Fsp3) is 0.250. The van der Waals surface area contributed by atoms with Gasteiger partial charge in [0.15, 0.2) is 0 Å². The zero-order chi connectivity index (χ0) is 15.1. The molecule has 20 heavy (non-hydrogen) atoms. The minimum absolute atomic E-state index is 0.119. The molecule has 0 radical (unpaired) electrons. The van der Waals surface area contributed by atoms with Crippen molar-refractivity contribution in [3.63, 3.8) is 0 Å². The molecule has 0 bridgehead atoms. The number of rotatable bonds is 7. The van der Waals surface area contributed by atoms with Gasteiger partial charge in [0.2, 0.25) is 5.91 Å². The monoisotopic (exact) mass is 301 g/mol. The summed E-state index contributed by atoms with van der Waals surface area (Å²) in [5.74, 6) is -3.70. The fourth-order valence-electron chi connectivity index (χ4n) is 1.33. The smallest absolute Gasteiger partial charge is 0.323 e. The lowest BCUT2D eigenvalue weighted by Gasteiger charge is -2.18. The Bertz CT molecular complexity index is 489. The lowest BCUT2D eigenvalue weighted by molar-refractivity contribution is -0.148. The summed E-state index contributed by atoms with van der Waals surface area (Å²) in [6.45, 7) is -1.34. The Balaban J connectivity index is 2.58. The van der Waals surface area contributed by atoms with Crippen LogP contribution in [0.4, 0.5) is 4.39 Å². The Morgan fingerprint density at radius 2 is 1.55 bits per heavy atom. The Hall–Kier alpha value is -2.09. The van der Waals surface area contributed by atoms with Crippen LogP contribution < -0.4 is 0 Å². The Kier molecular flexibility index (Phi) is 5.98. The maximum atomic E-state index is 12.7. The molecule has 0 aliphatic heterocycles. The van der Waals surface area contributed by atoms with Crippen molar-refractivity contribution in [2.75, 3.05) is 18.8 Å². The highest BCUT2D eigenvalue weighted by Gasteiger charge is 2.19. The van der Waals surface area contributed by atoms with Gasteiger partial charge >= 0.3 is 11.9 Å². The Morgan fingerprint density at radius 3 is 2.00 bits per heavy atom. The second-order valence-corrected chi connectivity index (χ2v) is 4.83. The third-order valence-corrected chi connectivity index (χ3v) is 3.18. The Morgan fingerprint density at radius 1 is 1.05 bits per heavy atom. The van der Waals surface area contributed by atoms with Crippen LogP contribution >= 0.6 is 11.8 Å². The molecule has 0 atom stereocenters. The first-order valence-corrected chi connectivity index (χ1v) is 6.47. The van der Waals surface area contributed by atoms with E-state index >= 15 is 0 Å². The van der Waals surface area contributed by atoms with Crippen LogP contribution in [-0.2, 0) is 14.4 Å². The highest BCUT2D eigenvalue weighted by atomic mass is 32.2. The van der Waals surface area contributed by atoms with Gasteiger partial charge in [-0.2, -0.15) is 0 Å². The number of benzene rings is 1. The van der Waals surface area contributed by atoms with Gasteiger partial charge in [-0.05, 0) is 24.3 Å². The zero-order valence-electron chi connectivity index (χ0n) is 10.3. The van der Waals surface area contributed by atoms with E-state index in [9.17, 15) is 18.8 Å². The number of carbonyl (C=O) groups is 3. The van der Waals surface area contributed by atoms with Gasteiger partial charge in [0.05, 0.1) is 5.75 Å². The second-order valence-electron chi connectivity index (χ2n) is 3.78. The minimum Gasteiger partial charge on any atom is -0.480 e. The lowest BCUT2D eigenvalue weighted by Crippen LogP contribution is -2.40. The molecule has 0 fully saturated rings. The molecule has 6 nitrogen and oxygen atoms in total. The van der Waals surface area contributed by atoms with Gasteiger partial charge < -0.3 is 15.1 Å². The molecule has 1 rings (SSSR count). The van der Waals surface area contributed by atoms with Crippen LogP contribution in [0.1, 0.15) is 0 Å². The molecule has 0 aromatic heterocycles. The van der Waals surface area contributed by atoms with E-state index in [2.05, 4.69) is 0 Å². The van der Waals surface area contributed by atoms with E-state index < -0.39 is 36.8 Å². The quantitative estimate of drug-likeness (QED) is 0.727. The fourth-order valence-corrected chi connectivity index (χ4v) is 2.13. The summed E-state index contributed by atoms with van der Waals surface area (Å²) in [6.07, 6.45) is 0. The number of carbonyl (C=O) groups excluding carboxylic acids is 1. The summed E-state index contributed by atoms with van der Waals surface area (Å²) in [5, 5.41) is 17.3. The second kappa shape index (κ2) is 7.49. The van der Waals surface area contributed by atoms with Crippen molar-refractivity contribution in [1.29, 1.82) is 0 Å². The first-order valence-electron chi connectivity index (χ1n) is 5.48. The van der Waals surface area contributed by atoms with Gasteiger partial charge in [-0.15, -0.1) is 11.8 Å². The molecule has 0 unspecified atom stereocenters. The van der Waals surface area contributed by atoms with E-state index in [1.54, 1.807) is 0 Å². The molecular formula is C12H12FNO5S. The zero-order valence-corrected chi connectivity index (χ0v) is 11.1. The van der Waals surface area contributed by atoms with Crippen LogP contribution in [0.3, 0.4) is 0 Å². The third-order valence-electron chi connectivity index (χ3n) is 2.18. The molecule has 0 aliphatic carbocycles. The number of hydrogen-bond acceptors (Lipinski definition) is 4. The lowest BCUT2D eigenvalue weighted by atomic mass is 10.4. The third kappa shape index (κ3) is 5.70. The first kappa shape index (κ1) is 16.0. The van der Waals surface area contributed by atoms with Crippen molar-refractivity contribution in [3.8, 4) is 0 Å². The number of thioether (sulfide) groups is 1. The summed E-state index contributed by atoms with van der Waals surface area (Å²) in [6, 6.07) is 5.43. The van der Waals surface area contributed by atoms with Crippen LogP contribution in [0, 0.1) is 5.82 Å². The van der Waals surface area contributed by atoms with E-state index in [4.69, 9.17) is 10.2 Å². The highest BCUT2D eigenvalue weighted by Crippen LogP contribution is 2.18. The van der Waals surface area contributed by atoms with E-state index in [1.807, 2.05) is 0 Å². The molecule has 0 spiro atoms. The van der Waals surface area contributed by atoms with Gasteiger partial charge in [0.1, 0.15) is 18.9 Å². The number of hydrogen-bond donors (Lipinski definition) is 2. The number of carboxylic acids is 2. The van der Waals surface area contributed by atoms with Gasteiger partial charge in [-0.1, -0.05) is 0 Å². The van der Waals surface area contributed by atoms with E-state index in [0.29, 0.717) is 4.90 Å². The largest absolute Gasteiger partial charge is 0.480 e. The van der Waals surface area contributed by atoms with Gasteiger partial charge in [-0.25, -0.2) is 4.39 Å². The van der Waals surface area contributed by atoms with Crippen LogP contribution in [0.15, 0.2) is 29.2 Å². The molecule has 1 aromatic rings. The summed E-state index contributed by atoms with van der Waals surface area (Å²) in [5.41, 5.74) is 0. The van der Waals surface area contributed by atoms with Crippen LogP contribution in [-0.4, -0.2) is 51.8 Å². The summed E-state index contributed by atoms with van der Waals surface area (Å²) in [7, 11) is 0. The Labute approximate surface area is 118 Å². The van der Waals surface area contributed by atoms with Crippen molar-refractivity contribution < 1.29 is 29.0 Å². The molecule has 0 saturated carbocycles. The van der Waals surface area contributed by atoms with Crippen molar-refractivity contribution in [2.24, 2.45) is 0 Å². The molecule has 1 aromatic carbocycles. The van der Waals surface area contributed by atoms with Crippen LogP contribution in [0.2, 0.25) is 0 Å². The van der Waals surface area contributed by atoms with Crippen LogP contribution in [0.25, 0.3) is 0 Å². The maximum Gasteiger partial charge on any atom is 0.323 e. The van der Waals surface area contributed by atoms with Crippen LogP contribution in [0.5, 0.6) is 0 Å². The highest BCUT2D eigenvalue weighted by molar-refractivity contribution is 8.00.